The van der Waals surface area contributed by atoms with Crippen molar-refractivity contribution < 1.29 is 23.1 Å². The highest BCUT2D eigenvalue weighted by molar-refractivity contribution is 5.82. The Hall–Kier alpha value is -1.60. The Morgan fingerprint density at radius 2 is 2.05 bits per heavy atom. The standard InChI is InChI=1S/C11H13F3N2O2.CH4/c12-11(13,14)8-3-1-2-7(6-8)9(15)10(18)16-4-5-17;/h1-3,6,9,17H,4-5,15H2,(H,16,18);1H4. The maximum Gasteiger partial charge on any atom is 0.416 e. The van der Waals surface area contributed by atoms with E-state index in [1.165, 1.54) is 12.1 Å². The average molecular weight is 278 g/mol. The predicted octanol–water partition coefficient (Wildman–Crippen LogP) is 1.45. The Labute approximate surface area is 109 Å². The van der Waals surface area contributed by atoms with Crippen LogP contribution < -0.4 is 11.1 Å². The Balaban J connectivity index is 0.00000324. The molecule has 0 fully saturated rings. The molecule has 0 spiro atoms. The second kappa shape index (κ2) is 7.10. The molecule has 7 heteroatoms. The van der Waals surface area contributed by atoms with Crippen LogP contribution >= 0.6 is 0 Å². The van der Waals surface area contributed by atoms with Crippen LogP contribution in [0.1, 0.15) is 24.6 Å². The molecule has 1 unspecified atom stereocenters. The van der Waals surface area contributed by atoms with Gasteiger partial charge in [-0.2, -0.15) is 13.2 Å². The highest BCUT2D eigenvalue weighted by Crippen LogP contribution is 2.30. The van der Waals surface area contributed by atoms with Crippen molar-refractivity contribution >= 4 is 5.91 Å². The summed E-state index contributed by atoms with van der Waals surface area (Å²) in [6, 6.07) is 3.08. The lowest BCUT2D eigenvalue weighted by Crippen LogP contribution is -2.35. The minimum absolute atomic E-state index is 0. The maximum atomic E-state index is 12.5. The number of aliphatic hydroxyl groups is 1. The molecule has 1 atom stereocenters. The second-order valence-electron chi connectivity index (χ2n) is 3.62. The zero-order chi connectivity index (χ0) is 13.8. The molecular formula is C12H17F3N2O2. The number of rotatable bonds is 4. The van der Waals surface area contributed by atoms with Crippen LogP contribution in [0.15, 0.2) is 24.3 Å². The van der Waals surface area contributed by atoms with E-state index in [4.69, 9.17) is 10.8 Å². The van der Waals surface area contributed by atoms with Gasteiger partial charge in [0.05, 0.1) is 12.2 Å². The van der Waals surface area contributed by atoms with Crippen molar-refractivity contribution in [2.24, 2.45) is 5.73 Å². The molecule has 0 radical (unpaired) electrons. The molecule has 19 heavy (non-hydrogen) atoms. The molecule has 0 aliphatic heterocycles. The summed E-state index contributed by atoms with van der Waals surface area (Å²) < 4.78 is 37.4. The van der Waals surface area contributed by atoms with E-state index in [-0.39, 0.29) is 26.1 Å². The minimum Gasteiger partial charge on any atom is -0.395 e. The first-order chi connectivity index (χ1) is 8.36. The number of alkyl halides is 3. The van der Waals surface area contributed by atoms with Crippen molar-refractivity contribution in [3.8, 4) is 0 Å². The fourth-order valence-corrected chi connectivity index (χ4v) is 1.35. The molecule has 4 N–H and O–H groups in total. The summed E-state index contributed by atoms with van der Waals surface area (Å²) in [5.41, 5.74) is 4.74. The quantitative estimate of drug-likeness (QED) is 0.780. The van der Waals surface area contributed by atoms with Gasteiger partial charge < -0.3 is 16.2 Å². The Morgan fingerprint density at radius 1 is 1.42 bits per heavy atom. The topological polar surface area (TPSA) is 75.4 Å². The Bertz CT molecular complexity index is 422. The van der Waals surface area contributed by atoms with Crippen LogP contribution in [0.25, 0.3) is 0 Å². The highest BCUT2D eigenvalue weighted by atomic mass is 19.4. The van der Waals surface area contributed by atoms with Crippen molar-refractivity contribution in [2.75, 3.05) is 13.2 Å². The molecule has 0 heterocycles. The molecule has 1 amide bonds. The van der Waals surface area contributed by atoms with Crippen LogP contribution in [-0.4, -0.2) is 24.2 Å². The van der Waals surface area contributed by atoms with Gasteiger partial charge in [0.1, 0.15) is 6.04 Å². The van der Waals surface area contributed by atoms with Crippen molar-refractivity contribution in [1.29, 1.82) is 0 Å². The molecule has 1 aromatic carbocycles. The number of carbonyl (C=O) groups is 1. The van der Waals surface area contributed by atoms with Crippen LogP contribution in [0.2, 0.25) is 0 Å². The number of nitrogens with one attached hydrogen (secondary N) is 1. The van der Waals surface area contributed by atoms with Gasteiger partial charge in [-0.1, -0.05) is 19.6 Å². The summed E-state index contributed by atoms with van der Waals surface area (Å²) in [6.07, 6.45) is -4.47. The first-order valence-electron chi connectivity index (χ1n) is 5.17. The monoisotopic (exact) mass is 278 g/mol. The van der Waals surface area contributed by atoms with Gasteiger partial charge in [0.2, 0.25) is 5.91 Å². The fraction of sp³-hybridized carbons (Fsp3) is 0.417. The first-order valence-corrected chi connectivity index (χ1v) is 5.17. The molecule has 0 saturated heterocycles. The van der Waals surface area contributed by atoms with E-state index in [2.05, 4.69) is 5.32 Å². The molecule has 108 valence electrons. The molecule has 1 rings (SSSR count). The van der Waals surface area contributed by atoms with Crippen LogP contribution in [0.4, 0.5) is 13.2 Å². The molecule has 0 aromatic heterocycles. The van der Waals surface area contributed by atoms with E-state index >= 15 is 0 Å². The predicted molar refractivity (Wildman–Crippen MR) is 65.2 cm³/mol. The molecule has 0 aliphatic carbocycles. The van der Waals surface area contributed by atoms with E-state index in [9.17, 15) is 18.0 Å². The van der Waals surface area contributed by atoms with E-state index in [0.29, 0.717) is 0 Å². The van der Waals surface area contributed by atoms with Gasteiger partial charge in [0, 0.05) is 6.54 Å². The average Bonchev–Trinajstić information content (AvgIpc) is 2.34. The summed E-state index contributed by atoms with van der Waals surface area (Å²) in [5, 5.41) is 10.8. The number of hydrogen-bond acceptors (Lipinski definition) is 3. The van der Waals surface area contributed by atoms with Crippen LogP contribution in [0.5, 0.6) is 0 Å². The maximum absolute atomic E-state index is 12.5. The Kier molecular flexibility index (Phi) is 6.51. The zero-order valence-electron chi connectivity index (χ0n) is 9.37. The van der Waals surface area contributed by atoms with Crippen LogP contribution in [-0.2, 0) is 11.0 Å². The summed E-state index contributed by atoms with van der Waals surface area (Å²) in [7, 11) is 0. The third-order valence-corrected chi connectivity index (χ3v) is 2.27. The van der Waals surface area contributed by atoms with Crippen LogP contribution in [0.3, 0.4) is 0 Å². The number of hydrogen-bond donors (Lipinski definition) is 3. The normalized spacial score (nSPS) is 12.5. The molecule has 0 aliphatic rings. The molecule has 4 nitrogen and oxygen atoms in total. The summed E-state index contributed by atoms with van der Waals surface area (Å²) in [6.45, 7) is -0.257. The van der Waals surface area contributed by atoms with Gasteiger partial charge in [0.15, 0.2) is 0 Å². The van der Waals surface area contributed by atoms with Crippen molar-refractivity contribution in [3.05, 3.63) is 35.4 Å². The number of halogens is 3. The van der Waals surface area contributed by atoms with Gasteiger partial charge in [0.25, 0.3) is 0 Å². The summed E-state index contributed by atoms with van der Waals surface area (Å²) in [4.78, 5) is 11.4. The number of nitrogens with two attached hydrogens (primary N) is 1. The largest absolute Gasteiger partial charge is 0.416 e. The number of amides is 1. The third kappa shape index (κ3) is 4.88. The lowest BCUT2D eigenvalue weighted by atomic mass is 10.0. The lowest BCUT2D eigenvalue weighted by Gasteiger charge is -2.14. The van der Waals surface area contributed by atoms with Crippen molar-refractivity contribution in [2.45, 2.75) is 19.6 Å². The highest BCUT2D eigenvalue weighted by Gasteiger charge is 2.31. The SMILES string of the molecule is C.NC(C(=O)NCCO)c1cccc(C(F)(F)F)c1. The second-order valence-corrected chi connectivity index (χ2v) is 3.62. The molecule has 0 saturated carbocycles. The van der Waals surface area contributed by atoms with E-state index < -0.39 is 23.7 Å². The zero-order valence-corrected chi connectivity index (χ0v) is 9.37. The van der Waals surface area contributed by atoms with E-state index in [0.717, 1.165) is 12.1 Å². The van der Waals surface area contributed by atoms with Gasteiger partial charge in [-0.3, -0.25) is 4.79 Å². The van der Waals surface area contributed by atoms with Crippen LogP contribution in [0, 0.1) is 0 Å². The minimum atomic E-state index is -4.47. The first kappa shape index (κ1) is 17.4. The summed E-state index contributed by atoms with van der Waals surface area (Å²) in [5.74, 6) is -0.636. The van der Waals surface area contributed by atoms with Gasteiger partial charge in [-0.05, 0) is 17.7 Å². The van der Waals surface area contributed by atoms with Gasteiger partial charge in [-0.15, -0.1) is 0 Å². The molecule has 1 aromatic rings. The molecular weight excluding hydrogens is 261 g/mol. The summed E-state index contributed by atoms with van der Waals surface area (Å²) >= 11 is 0. The van der Waals surface area contributed by atoms with Gasteiger partial charge >= 0.3 is 6.18 Å². The van der Waals surface area contributed by atoms with E-state index in [1.54, 1.807) is 0 Å². The number of carbonyl (C=O) groups excluding carboxylic acids is 1. The smallest absolute Gasteiger partial charge is 0.395 e. The third-order valence-electron chi connectivity index (χ3n) is 2.27. The van der Waals surface area contributed by atoms with Gasteiger partial charge in [-0.25, -0.2) is 0 Å². The lowest BCUT2D eigenvalue weighted by molar-refractivity contribution is -0.137. The Morgan fingerprint density at radius 3 is 2.58 bits per heavy atom. The van der Waals surface area contributed by atoms with E-state index in [1.807, 2.05) is 0 Å². The number of aliphatic hydroxyl groups excluding tert-OH is 1. The number of benzene rings is 1. The molecule has 0 bridgehead atoms. The fourth-order valence-electron chi connectivity index (χ4n) is 1.35. The van der Waals surface area contributed by atoms with Crippen molar-refractivity contribution in [1.82, 2.24) is 5.32 Å². The van der Waals surface area contributed by atoms with Crippen molar-refractivity contribution in [3.63, 3.8) is 0 Å².